The Labute approximate surface area is 107 Å². The Bertz CT molecular complexity index is 421. The van der Waals surface area contributed by atoms with Crippen LogP contribution in [0.1, 0.15) is 19.4 Å². The fraction of sp³-hybridized carbons (Fsp3) is 0.417. The van der Waals surface area contributed by atoms with Gasteiger partial charge in [0.1, 0.15) is 11.6 Å². The van der Waals surface area contributed by atoms with Crippen LogP contribution >= 0.6 is 15.9 Å². The highest BCUT2D eigenvalue weighted by molar-refractivity contribution is 9.10. The largest absolute Gasteiger partial charge is 0.469 e. The second kappa shape index (κ2) is 5.12. The zero-order valence-corrected chi connectivity index (χ0v) is 11.4. The van der Waals surface area contributed by atoms with Crippen molar-refractivity contribution in [2.45, 2.75) is 20.3 Å². The number of hydrogen-bond donors (Lipinski definition) is 0. The molecular weight excluding hydrogens is 294 g/mol. The lowest BCUT2D eigenvalue weighted by molar-refractivity contribution is -0.150. The summed E-state index contributed by atoms with van der Waals surface area (Å²) in [6, 6.07) is 2.34. The van der Waals surface area contributed by atoms with E-state index >= 15 is 0 Å². The second-order valence-corrected chi connectivity index (χ2v) is 5.32. The van der Waals surface area contributed by atoms with Crippen molar-refractivity contribution in [1.29, 1.82) is 0 Å². The molecule has 0 saturated carbocycles. The zero-order chi connectivity index (χ0) is 13.2. The number of benzene rings is 1. The van der Waals surface area contributed by atoms with Crippen LogP contribution < -0.4 is 0 Å². The molecule has 0 fully saturated rings. The molecule has 2 nitrogen and oxygen atoms in total. The van der Waals surface area contributed by atoms with Gasteiger partial charge in [0.25, 0.3) is 0 Å². The van der Waals surface area contributed by atoms with Gasteiger partial charge < -0.3 is 4.74 Å². The van der Waals surface area contributed by atoms with Crippen LogP contribution in [0.5, 0.6) is 0 Å². The van der Waals surface area contributed by atoms with E-state index in [1.165, 1.54) is 19.2 Å². The topological polar surface area (TPSA) is 26.3 Å². The van der Waals surface area contributed by atoms with E-state index in [0.29, 0.717) is 4.47 Å². The van der Waals surface area contributed by atoms with Crippen molar-refractivity contribution >= 4 is 21.9 Å². The zero-order valence-electron chi connectivity index (χ0n) is 9.81. The van der Waals surface area contributed by atoms with Crippen LogP contribution in [-0.2, 0) is 16.0 Å². The van der Waals surface area contributed by atoms with Crippen LogP contribution in [-0.4, -0.2) is 13.1 Å². The number of carbonyl (C=O) groups excluding carboxylic acids is 1. The third-order valence-corrected chi connectivity index (χ3v) is 2.92. The van der Waals surface area contributed by atoms with Gasteiger partial charge in [-0.3, -0.25) is 4.79 Å². The van der Waals surface area contributed by atoms with Crippen LogP contribution in [0.2, 0.25) is 0 Å². The van der Waals surface area contributed by atoms with Crippen molar-refractivity contribution in [2.24, 2.45) is 5.41 Å². The molecule has 0 N–H and O–H groups in total. The Hall–Kier alpha value is -0.970. The van der Waals surface area contributed by atoms with E-state index in [4.69, 9.17) is 0 Å². The van der Waals surface area contributed by atoms with E-state index in [-0.39, 0.29) is 12.0 Å². The molecule has 94 valence electrons. The molecule has 0 bridgehead atoms. The monoisotopic (exact) mass is 306 g/mol. The van der Waals surface area contributed by atoms with Gasteiger partial charge in [-0.2, -0.15) is 0 Å². The Kier molecular flexibility index (Phi) is 4.25. The van der Waals surface area contributed by atoms with Crippen molar-refractivity contribution in [3.05, 3.63) is 33.8 Å². The highest BCUT2D eigenvalue weighted by atomic mass is 79.9. The van der Waals surface area contributed by atoms with Crippen LogP contribution in [0.3, 0.4) is 0 Å². The molecule has 17 heavy (non-hydrogen) atoms. The van der Waals surface area contributed by atoms with Crippen molar-refractivity contribution < 1.29 is 18.3 Å². The summed E-state index contributed by atoms with van der Waals surface area (Å²) in [4.78, 5) is 11.5. The van der Waals surface area contributed by atoms with Crippen LogP contribution in [0.25, 0.3) is 0 Å². The standard InChI is InChI=1S/C12H13BrF2O2/c1-12(2,11(16)17-3)6-8-9(14)4-7(13)5-10(8)15/h4-5H,6H2,1-3H3. The van der Waals surface area contributed by atoms with Gasteiger partial charge in [-0.15, -0.1) is 0 Å². The van der Waals surface area contributed by atoms with Crippen molar-refractivity contribution in [2.75, 3.05) is 7.11 Å². The van der Waals surface area contributed by atoms with Gasteiger partial charge in [0.05, 0.1) is 12.5 Å². The third-order valence-electron chi connectivity index (χ3n) is 2.46. The average molecular weight is 307 g/mol. The predicted octanol–water partition coefficient (Wildman–Crippen LogP) is 3.47. The highest BCUT2D eigenvalue weighted by Crippen LogP contribution is 2.28. The number of carbonyl (C=O) groups is 1. The molecule has 0 amide bonds. The van der Waals surface area contributed by atoms with Crippen LogP contribution in [0, 0.1) is 17.0 Å². The van der Waals surface area contributed by atoms with Crippen molar-refractivity contribution in [3.63, 3.8) is 0 Å². The minimum atomic E-state index is -0.968. The molecule has 0 aliphatic heterocycles. The minimum absolute atomic E-state index is 0.0510. The maximum Gasteiger partial charge on any atom is 0.311 e. The molecule has 0 aliphatic rings. The summed E-state index contributed by atoms with van der Waals surface area (Å²) in [6.45, 7) is 3.17. The molecule has 0 aromatic heterocycles. The van der Waals surface area contributed by atoms with Gasteiger partial charge in [-0.05, 0) is 32.4 Å². The molecule has 1 aromatic rings. The Balaban J connectivity index is 3.07. The molecule has 0 aliphatic carbocycles. The first-order chi connectivity index (χ1) is 7.77. The van der Waals surface area contributed by atoms with E-state index in [0.717, 1.165) is 0 Å². The van der Waals surface area contributed by atoms with Crippen LogP contribution in [0.15, 0.2) is 16.6 Å². The number of hydrogen-bond acceptors (Lipinski definition) is 2. The van der Waals surface area contributed by atoms with Crippen molar-refractivity contribution in [3.8, 4) is 0 Å². The van der Waals surface area contributed by atoms with Gasteiger partial charge >= 0.3 is 5.97 Å². The molecule has 5 heteroatoms. The first kappa shape index (κ1) is 14.1. The number of methoxy groups -OCH3 is 1. The molecule has 0 saturated heterocycles. The first-order valence-electron chi connectivity index (χ1n) is 5.00. The summed E-state index contributed by atoms with van der Waals surface area (Å²) in [5, 5.41) is 0. The molecule has 0 spiro atoms. The molecule has 1 aromatic carbocycles. The van der Waals surface area contributed by atoms with Crippen molar-refractivity contribution in [1.82, 2.24) is 0 Å². The fourth-order valence-electron chi connectivity index (χ4n) is 1.53. The first-order valence-corrected chi connectivity index (χ1v) is 5.79. The highest BCUT2D eigenvalue weighted by Gasteiger charge is 2.31. The lowest BCUT2D eigenvalue weighted by atomic mass is 9.85. The number of halogens is 3. The summed E-state index contributed by atoms with van der Waals surface area (Å²) < 4.78 is 32.1. The Morgan fingerprint density at radius 2 is 1.82 bits per heavy atom. The molecule has 0 unspecified atom stereocenters. The summed E-state index contributed by atoms with van der Waals surface area (Å²) in [5.74, 6) is -1.85. The van der Waals surface area contributed by atoms with Gasteiger partial charge in [-0.1, -0.05) is 15.9 Å². The van der Waals surface area contributed by atoms with Gasteiger partial charge in [0.2, 0.25) is 0 Å². The van der Waals surface area contributed by atoms with Crippen LogP contribution in [0.4, 0.5) is 8.78 Å². The van der Waals surface area contributed by atoms with E-state index in [1.807, 2.05) is 0 Å². The van der Waals surface area contributed by atoms with E-state index in [2.05, 4.69) is 20.7 Å². The maximum atomic E-state index is 13.6. The molecular formula is C12H13BrF2O2. The molecule has 0 radical (unpaired) electrons. The second-order valence-electron chi connectivity index (χ2n) is 4.40. The predicted molar refractivity (Wildman–Crippen MR) is 63.6 cm³/mol. The Morgan fingerprint density at radius 3 is 2.24 bits per heavy atom. The maximum absolute atomic E-state index is 13.6. The number of ether oxygens (including phenoxy) is 1. The van der Waals surface area contributed by atoms with E-state index in [1.54, 1.807) is 13.8 Å². The molecule has 1 rings (SSSR count). The van der Waals surface area contributed by atoms with Gasteiger partial charge in [0.15, 0.2) is 0 Å². The SMILES string of the molecule is COC(=O)C(C)(C)Cc1c(F)cc(Br)cc1F. The fourth-order valence-corrected chi connectivity index (χ4v) is 1.93. The normalized spacial score (nSPS) is 11.4. The lowest BCUT2D eigenvalue weighted by Crippen LogP contribution is -2.28. The summed E-state index contributed by atoms with van der Waals surface area (Å²) in [6.07, 6.45) is -0.0510. The molecule has 0 atom stereocenters. The minimum Gasteiger partial charge on any atom is -0.469 e. The lowest BCUT2D eigenvalue weighted by Gasteiger charge is -2.22. The van der Waals surface area contributed by atoms with Gasteiger partial charge in [0, 0.05) is 10.0 Å². The summed E-state index contributed by atoms with van der Waals surface area (Å²) in [7, 11) is 1.25. The summed E-state index contributed by atoms with van der Waals surface area (Å²) in [5.41, 5.74) is -1.08. The Morgan fingerprint density at radius 1 is 1.35 bits per heavy atom. The van der Waals surface area contributed by atoms with Gasteiger partial charge in [-0.25, -0.2) is 8.78 Å². The summed E-state index contributed by atoms with van der Waals surface area (Å²) >= 11 is 3.00. The smallest absolute Gasteiger partial charge is 0.311 e. The average Bonchev–Trinajstić information content (AvgIpc) is 2.22. The number of rotatable bonds is 3. The number of esters is 1. The molecule has 0 heterocycles. The third kappa shape index (κ3) is 3.25. The quantitative estimate of drug-likeness (QED) is 0.799. The van der Waals surface area contributed by atoms with E-state index < -0.39 is 23.0 Å². The van der Waals surface area contributed by atoms with E-state index in [9.17, 15) is 13.6 Å².